The third-order valence-electron chi connectivity index (χ3n) is 4.23. The van der Waals surface area contributed by atoms with E-state index in [9.17, 15) is 15.0 Å². The SMILES string of the molecule is O=C(NCCC(O)C(O)c1cccc2[nH]ccc12)OCc1ccccc1. The van der Waals surface area contributed by atoms with E-state index in [1.807, 2.05) is 48.5 Å². The molecular formula is C20H22N2O4. The molecule has 2 unspecified atom stereocenters. The van der Waals surface area contributed by atoms with Gasteiger partial charge in [0.25, 0.3) is 0 Å². The maximum atomic E-state index is 11.7. The summed E-state index contributed by atoms with van der Waals surface area (Å²) in [6.45, 7) is 0.391. The third-order valence-corrected chi connectivity index (χ3v) is 4.23. The molecule has 0 radical (unpaired) electrons. The lowest BCUT2D eigenvalue weighted by atomic mass is 9.99. The highest BCUT2D eigenvalue weighted by Crippen LogP contribution is 2.26. The second kappa shape index (κ2) is 8.51. The molecule has 0 aliphatic carbocycles. The van der Waals surface area contributed by atoms with E-state index in [0.717, 1.165) is 16.5 Å². The molecule has 0 saturated heterocycles. The predicted octanol–water partition coefficient (Wildman–Crippen LogP) is 2.88. The molecule has 0 saturated carbocycles. The van der Waals surface area contributed by atoms with Crippen molar-refractivity contribution in [3.63, 3.8) is 0 Å². The van der Waals surface area contributed by atoms with Gasteiger partial charge in [-0.3, -0.25) is 0 Å². The summed E-state index contributed by atoms with van der Waals surface area (Å²) in [4.78, 5) is 14.8. The minimum Gasteiger partial charge on any atom is -0.445 e. The maximum Gasteiger partial charge on any atom is 0.407 e. The first-order valence-corrected chi connectivity index (χ1v) is 8.52. The van der Waals surface area contributed by atoms with Crippen LogP contribution >= 0.6 is 0 Å². The molecule has 0 bridgehead atoms. The van der Waals surface area contributed by atoms with Crippen LogP contribution in [0.15, 0.2) is 60.8 Å². The van der Waals surface area contributed by atoms with Crippen molar-refractivity contribution >= 4 is 17.0 Å². The molecule has 2 atom stereocenters. The van der Waals surface area contributed by atoms with Gasteiger partial charge in [0.2, 0.25) is 0 Å². The molecule has 1 aromatic heterocycles. The lowest BCUT2D eigenvalue weighted by Gasteiger charge is -2.19. The number of hydrogen-bond acceptors (Lipinski definition) is 4. The highest BCUT2D eigenvalue weighted by atomic mass is 16.5. The van der Waals surface area contributed by atoms with Crippen LogP contribution in [0.2, 0.25) is 0 Å². The third kappa shape index (κ3) is 4.41. The second-order valence-corrected chi connectivity index (χ2v) is 6.08. The van der Waals surface area contributed by atoms with Crippen molar-refractivity contribution in [3.05, 3.63) is 71.9 Å². The minimum absolute atomic E-state index is 0.188. The standard InChI is InChI=1S/C20H22N2O4/c23-18(19(24)16-7-4-8-17-15(16)9-11-21-17)10-12-22-20(25)26-13-14-5-2-1-3-6-14/h1-9,11,18-19,21,23-24H,10,12-13H2,(H,22,25). The summed E-state index contributed by atoms with van der Waals surface area (Å²) < 4.78 is 5.10. The quantitative estimate of drug-likeness (QED) is 0.525. The predicted molar refractivity (Wildman–Crippen MR) is 98.5 cm³/mol. The highest BCUT2D eigenvalue weighted by molar-refractivity contribution is 5.83. The Balaban J connectivity index is 1.45. The second-order valence-electron chi connectivity index (χ2n) is 6.08. The van der Waals surface area contributed by atoms with Crippen LogP contribution in [0.25, 0.3) is 10.9 Å². The van der Waals surface area contributed by atoms with Crippen LogP contribution in [0.4, 0.5) is 4.79 Å². The molecule has 0 spiro atoms. The largest absolute Gasteiger partial charge is 0.445 e. The van der Waals surface area contributed by atoms with Crippen molar-refractivity contribution in [1.82, 2.24) is 10.3 Å². The smallest absolute Gasteiger partial charge is 0.407 e. The number of rotatable bonds is 7. The van der Waals surface area contributed by atoms with Gasteiger partial charge in [-0.1, -0.05) is 42.5 Å². The van der Waals surface area contributed by atoms with Gasteiger partial charge < -0.3 is 25.3 Å². The first-order valence-electron chi connectivity index (χ1n) is 8.52. The van der Waals surface area contributed by atoms with Gasteiger partial charge in [0, 0.05) is 23.6 Å². The summed E-state index contributed by atoms with van der Waals surface area (Å²) in [5.41, 5.74) is 2.46. The average Bonchev–Trinajstić information content (AvgIpc) is 3.15. The Hall–Kier alpha value is -2.83. The van der Waals surface area contributed by atoms with Gasteiger partial charge in [0.15, 0.2) is 0 Å². The zero-order valence-electron chi connectivity index (χ0n) is 14.3. The molecule has 0 aliphatic rings. The molecule has 0 fully saturated rings. The molecule has 6 nitrogen and oxygen atoms in total. The molecule has 2 aromatic carbocycles. The number of benzene rings is 2. The Kier molecular flexibility index (Phi) is 5.88. The van der Waals surface area contributed by atoms with Gasteiger partial charge in [0.1, 0.15) is 12.7 Å². The molecule has 3 rings (SSSR count). The van der Waals surface area contributed by atoms with E-state index < -0.39 is 18.3 Å². The van der Waals surface area contributed by atoms with Crippen LogP contribution in [0.5, 0.6) is 0 Å². The van der Waals surface area contributed by atoms with Crippen LogP contribution in [0.3, 0.4) is 0 Å². The molecule has 6 heteroatoms. The van der Waals surface area contributed by atoms with Crippen LogP contribution < -0.4 is 5.32 Å². The Morgan fingerprint density at radius 1 is 1.08 bits per heavy atom. The van der Waals surface area contributed by atoms with E-state index in [2.05, 4.69) is 10.3 Å². The van der Waals surface area contributed by atoms with Gasteiger partial charge in [-0.2, -0.15) is 0 Å². The number of nitrogens with one attached hydrogen (secondary N) is 2. The topological polar surface area (TPSA) is 94.6 Å². The van der Waals surface area contributed by atoms with Crippen LogP contribution in [-0.2, 0) is 11.3 Å². The Morgan fingerprint density at radius 3 is 2.69 bits per heavy atom. The number of aromatic nitrogens is 1. The maximum absolute atomic E-state index is 11.7. The van der Waals surface area contributed by atoms with Crippen molar-refractivity contribution in [1.29, 1.82) is 0 Å². The summed E-state index contributed by atoms with van der Waals surface area (Å²) in [6, 6.07) is 16.8. The number of amides is 1. The van der Waals surface area contributed by atoms with E-state index in [-0.39, 0.29) is 19.6 Å². The molecule has 4 N–H and O–H groups in total. The van der Waals surface area contributed by atoms with Crippen molar-refractivity contribution < 1.29 is 19.7 Å². The molecule has 1 amide bonds. The first kappa shape index (κ1) is 18.0. The fourth-order valence-electron chi connectivity index (χ4n) is 2.83. The molecule has 136 valence electrons. The summed E-state index contributed by atoms with van der Waals surface area (Å²) in [6.07, 6.45) is -0.579. The normalized spacial score (nSPS) is 13.3. The Bertz CT molecular complexity index is 847. The summed E-state index contributed by atoms with van der Waals surface area (Å²) in [5, 5.41) is 24.1. The molecule has 26 heavy (non-hydrogen) atoms. The summed E-state index contributed by atoms with van der Waals surface area (Å²) in [7, 11) is 0. The van der Waals surface area contributed by atoms with E-state index in [0.29, 0.717) is 5.56 Å². The number of aromatic amines is 1. The number of carbonyl (C=O) groups excluding carboxylic acids is 1. The Morgan fingerprint density at radius 2 is 1.88 bits per heavy atom. The fraction of sp³-hybridized carbons (Fsp3) is 0.250. The molecule has 1 heterocycles. The number of ether oxygens (including phenoxy) is 1. The molecular weight excluding hydrogens is 332 g/mol. The summed E-state index contributed by atoms with van der Waals surface area (Å²) >= 11 is 0. The van der Waals surface area contributed by atoms with Crippen LogP contribution in [0, 0.1) is 0 Å². The van der Waals surface area contributed by atoms with Crippen LogP contribution in [-0.4, -0.2) is 33.9 Å². The fourth-order valence-corrected chi connectivity index (χ4v) is 2.83. The van der Waals surface area contributed by atoms with Crippen molar-refractivity contribution in [2.24, 2.45) is 0 Å². The number of alkyl carbamates (subject to hydrolysis) is 1. The Labute approximate surface area is 151 Å². The van der Waals surface area contributed by atoms with Gasteiger partial charge in [0.05, 0.1) is 6.10 Å². The zero-order valence-corrected chi connectivity index (χ0v) is 14.3. The monoisotopic (exact) mass is 354 g/mol. The van der Waals surface area contributed by atoms with E-state index in [1.165, 1.54) is 0 Å². The lowest BCUT2D eigenvalue weighted by molar-refractivity contribution is 0.0145. The number of H-pyrrole nitrogens is 1. The van der Waals surface area contributed by atoms with Gasteiger partial charge >= 0.3 is 6.09 Å². The summed E-state index contributed by atoms with van der Waals surface area (Å²) in [5.74, 6) is 0. The van der Waals surface area contributed by atoms with Gasteiger partial charge in [-0.15, -0.1) is 0 Å². The van der Waals surface area contributed by atoms with Crippen molar-refractivity contribution in [2.45, 2.75) is 25.2 Å². The molecule has 3 aromatic rings. The first-order chi connectivity index (χ1) is 12.6. The van der Waals surface area contributed by atoms with Gasteiger partial charge in [-0.05, 0) is 29.7 Å². The van der Waals surface area contributed by atoms with E-state index in [4.69, 9.17) is 4.74 Å². The van der Waals surface area contributed by atoms with Crippen molar-refractivity contribution in [2.75, 3.05) is 6.54 Å². The average molecular weight is 354 g/mol. The van der Waals surface area contributed by atoms with E-state index >= 15 is 0 Å². The molecule has 0 aliphatic heterocycles. The highest BCUT2D eigenvalue weighted by Gasteiger charge is 2.20. The number of fused-ring (bicyclic) bond motifs is 1. The number of carbonyl (C=O) groups is 1. The lowest BCUT2D eigenvalue weighted by Crippen LogP contribution is -2.29. The van der Waals surface area contributed by atoms with Crippen LogP contribution in [0.1, 0.15) is 23.7 Å². The van der Waals surface area contributed by atoms with E-state index in [1.54, 1.807) is 12.3 Å². The number of hydrogen-bond donors (Lipinski definition) is 4. The number of aliphatic hydroxyl groups excluding tert-OH is 2. The number of aliphatic hydroxyl groups is 2. The van der Waals surface area contributed by atoms with Crippen molar-refractivity contribution in [3.8, 4) is 0 Å². The minimum atomic E-state index is -1.03. The zero-order chi connectivity index (χ0) is 18.4. The van der Waals surface area contributed by atoms with Gasteiger partial charge in [-0.25, -0.2) is 4.79 Å².